The van der Waals surface area contributed by atoms with Crippen molar-refractivity contribution in [3.63, 3.8) is 0 Å². The average Bonchev–Trinajstić information content (AvgIpc) is 3.12. The molecule has 0 atom stereocenters. The Kier molecular flexibility index (Phi) is 4.39. The third-order valence-corrected chi connectivity index (χ3v) is 5.05. The first-order chi connectivity index (χ1) is 13.3. The molecule has 0 fully saturated rings. The van der Waals surface area contributed by atoms with Crippen LogP contribution in [-0.2, 0) is 11.3 Å². The molecule has 1 amide bonds. The van der Waals surface area contributed by atoms with E-state index in [2.05, 4.69) is 10.3 Å². The van der Waals surface area contributed by atoms with Crippen LogP contribution in [0.5, 0.6) is 0 Å². The average molecular weight is 380 g/mol. The molecule has 1 aliphatic heterocycles. The Bertz CT molecular complexity index is 1190. The lowest BCUT2D eigenvalue weighted by atomic mass is 10.0. The zero-order chi connectivity index (χ0) is 20.0. The van der Waals surface area contributed by atoms with E-state index in [-0.39, 0.29) is 11.5 Å². The number of rotatable bonds is 4. The van der Waals surface area contributed by atoms with Crippen molar-refractivity contribution in [1.29, 1.82) is 0 Å². The van der Waals surface area contributed by atoms with Crippen LogP contribution in [0.25, 0.3) is 22.6 Å². The van der Waals surface area contributed by atoms with Crippen LogP contribution in [0.3, 0.4) is 0 Å². The standard InChI is InChI=1S/C21H21FN4O2/c1-12-18(11-15-14-10-13(22)4-5-16(14)24-20(15)27)23-17-6-7-26(9-8-25(2)3)21(28)19(12)17/h4-7,10-11,23H,8-9H2,1-3H3,(H,24,27). The third kappa shape index (κ3) is 3.03. The van der Waals surface area contributed by atoms with Gasteiger partial charge in [0.25, 0.3) is 11.5 Å². The van der Waals surface area contributed by atoms with Crippen molar-refractivity contribution < 1.29 is 9.18 Å². The smallest absolute Gasteiger partial charge is 0.260 e. The van der Waals surface area contributed by atoms with Crippen LogP contribution < -0.4 is 10.9 Å². The molecule has 2 aromatic heterocycles. The highest BCUT2D eigenvalue weighted by molar-refractivity contribution is 6.35. The molecule has 2 N–H and O–H groups in total. The number of aromatic amines is 1. The molecule has 0 saturated heterocycles. The second-order valence-corrected chi connectivity index (χ2v) is 7.27. The SMILES string of the molecule is Cc1c(C=C2C(=O)Nc3ccc(F)cc32)[nH]c2ccn(CCN(C)C)c(=O)c12. The van der Waals surface area contributed by atoms with Crippen LogP contribution in [0.4, 0.5) is 10.1 Å². The van der Waals surface area contributed by atoms with Crippen LogP contribution >= 0.6 is 0 Å². The van der Waals surface area contributed by atoms with Gasteiger partial charge in [0.2, 0.25) is 0 Å². The van der Waals surface area contributed by atoms with E-state index in [1.54, 1.807) is 22.9 Å². The van der Waals surface area contributed by atoms with Gasteiger partial charge in [-0.15, -0.1) is 0 Å². The molecule has 0 bridgehead atoms. The number of anilines is 1. The number of pyridine rings is 1. The Morgan fingerprint density at radius 2 is 2.00 bits per heavy atom. The predicted octanol–water partition coefficient (Wildman–Crippen LogP) is 2.83. The summed E-state index contributed by atoms with van der Waals surface area (Å²) in [6, 6.07) is 6.06. The molecule has 7 heteroatoms. The van der Waals surface area contributed by atoms with Gasteiger partial charge >= 0.3 is 0 Å². The number of halogens is 1. The first-order valence-corrected chi connectivity index (χ1v) is 9.04. The molecule has 0 unspecified atom stereocenters. The summed E-state index contributed by atoms with van der Waals surface area (Å²) in [6.07, 6.45) is 3.45. The van der Waals surface area contributed by atoms with Crippen molar-refractivity contribution in [2.75, 3.05) is 26.0 Å². The third-order valence-electron chi connectivity index (χ3n) is 5.05. The van der Waals surface area contributed by atoms with Gasteiger partial charge in [-0.2, -0.15) is 0 Å². The number of benzene rings is 1. The van der Waals surface area contributed by atoms with Gasteiger partial charge in [-0.05, 0) is 56.9 Å². The maximum Gasteiger partial charge on any atom is 0.260 e. The number of aromatic nitrogens is 2. The van der Waals surface area contributed by atoms with Gasteiger partial charge < -0.3 is 19.8 Å². The van der Waals surface area contributed by atoms with Crippen LogP contribution in [0.1, 0.15) is 16.8 Å². The van der Waals surface area contributed by atoms with Gasteiger partial charge in [0.1, 0.15) is 5.82 Å². The lowest BCUT2D eigenvalue weighted by Crippen LogP contribution is -2.26. The summed E-state index contributed by atoms with van der Waals surface area (Å²) in [6.45, 7) is 3.20. The van der Waals surface area contributed by atoms with E-state index in [1.165, 1.54) is 12.1 Å². The predicted molar refractivity (Wildman–Crippen MR) is 109 cm³/mol. The molecule has 3 heterocycles. The van der Waals surface area contributed by atoms with E-state index in [1.807, 2.05) is 32.0 Å². The molecule has 4 rings (SSSR count). The topological polar surface area (TPSA) is 70.1 Å². The highest BCUT2D eigenvalue weighted by atomic mass is 19.1. The number of hydrogen-bond acceptors (Lipinski definition) is 3. The number of carbonyl (C=O) groups is 1. The summed E-state index contributed by atoms with van der Waals surface area (Å²) >= 11 is 0. The van der Waals surface area contributed by atoms with Crippen molar-refractivity contribution in [2.45, 2.75) is 13.5 Å². The second-order valence-electron chi connectivity index (χ2n) is 7.27. The van der Waals surface area contributed by atoms with E-state index < -0.39 is 5.82 Å². The van der Waals surface area contributed by atoms with E-state index in [0.29, 0.717) is 40.0 Å². The van der Waals surface area contributed by atoms with Gasteiger partial charge in [0, 0.05) is 36.2 Å². The normalized spacial score (nSPS) is 14.9. The first kappa shape index (κ1) is 18.2. The zero-order valence-corrected chi connectivity index (χ0v) is 16.0. The second kappa shape index (κ2) is 6.76. The monoisotopic (exact) mass is 380 g/mol. The number of H-pyrrole nitrogens is 1. The number of aryl methyl sites for hydroxylation is 1. The number of fused-ring (bicyclic) bond motifs is 2. The summed E-state index contributed by atoms with van der Waals surface area (Å²) in [5.41, 5.74) is 3.55. The fourth-order valence-electron chi connectivity index (χ4n) is 3.49. The van der Waals surface area contributed by atoms with Crippen molar-refractivity contribution >= 4 is 34.1 Å². The van der Waals surface area contributed by atoms with Crippen LogP contribution in [0, 0.1) is 12.7 Å². The molecule has 0 aliphatic carbocycles. The van der Waals surface area contributed by atoms with E-state index in [0.717, 1.165) is 12.1 Å². The van der Waals surface area contributed by atoms with E-state index in [4.69, 9.17) is 0 Å². The molecule has 1 aromatic carbocycles. The first-order valence-electron chi connectivity index (χ1n) is 9.04. The number of nitrogens with one attached hydrogen (secondary N) is 2. The fourth-order valence-corrected chi connectivity index (χ4v) is 3.49. The number of carbonyl (C=O) groups excluding carboxylic acids is 1. The summed E-state index contributed by atoms with van der Waals surface area (Å²) in [7, 11) is 3.92. The Labute approximate surface area is 161 Å². The minimum absolute atomic E-state index is 0.0694. The van der Waals surface area contributed by atoms with Gasteiger partial charge in [0.15, 0.2) is 0 Å². The Hall–Kier alpha value is -3.19. The largest absolute Gasteiger partial charge is 0.355 e. The molecule has 0 saturated carbocycles. The van der Waals surface area contributed by atoms with E-state index in [9.17, 15) is 14.0 Å². The maximum absolute atomic E-state index is 13.7. The summed E-state index contributed by atoms with van der Waals surface area (Å²) < 4.78 is 15.3. The van der Waals surface area contributed by atoms with Crippen LogP contribution in [0.2, 0.25) is 0 Å². The minimum Gasteiger partial charge on any atom is -0.355 e. The molecule has 6 nitrogen and oxygen atoms in total. The van der Waals surface area contributed by atoms with Gasteiger partial charge in [0.05, 0.1) is 16.5 Å². The molecular formula is C21H21FN4O2. The molecule has 3 aromatic rings. The molecule has 0 spiro atoms. The summed E-state index contributed by atoms with van der Waals surface area (Å²) in [5, 5.41) is 3.34. The fraction of sp³-hybridized carbons (Fsp3) is 0.238. The molecule has 0 radical (unpaired) electrons. The Morgan fingerprint density at radius 3 is 2.75 bits per heavy atom. The number of nitrogens with zero attached hydrogens (tertiary/aromatic N) is 2. The van der Waals surface area contributed by atoms with Crippen molar-refractivity contribution in [3.8, 4) is 0 Å². The molecule has 144 valence electrons. The summed E-state index contributed by atoms with van der Waals surface area (Å²) in [5.74, 6) is -0.694. The Morgan fingerprint density at radius 1 is 1.21 bits per heavy atom. The molecular weight excluding hydrogens is 359 g/mol. The molecule has 1 aliphatic rings. The van der Waals surface area contributed by atoms with Gasteiger partial charge in [-0.3, -0.25) is 9.59 Å². The number of likely N-dealkylation sites (N-methyl/N-ethyl adjacent to an activating group) is 1. The van der Waals surface area contributed by atoms with Gasteiger partial charge in [-0.1, -0.05) is 0 Å². The van der Waals surface area contributed by atoms with Crippen molar-refractivity contribution in [1.82, 2.24) is 14.5 Å². The lowest BCUT2D eigenvalue weighted by Gasteiger charge is -2.11. The van der Waals surface area contributed by atoms with Gasteiger partial charge in [-0.25, -0.2) is 4.39 Å². The van der Waals surface area contributed by atoms with Crippen LogP contribution in [-0.4, -0.2) is 41.0 Å². The van der Waals surface area contributed by atoms with Crippen molar-refractivity contribution in [2.24, 2.45) is 0 Å². The van der Waals surface area contributed by atoms with Crippen molar-refractivity contribution in [3.05, 3.63) is 63.5 Å². The number of hydrogen-bond donors (Lipinski definition) is 2. The molecule has 28 heavy (non-hydrogen) atoms. The maximum atomic E-state index is 13.7. The quantitative estimate of drug-likeness (QED) is 0.684. The zero-order valence-electron chi connectivity index (χ0n) is 16.0. The highest BCUT2D eigenvalue weighted by Crippen LogP contribution is 2.34. The van der Waals surface area contributed by atoms with E-state index >= 15 is 0 Å². The lowest BCUT2D eigenvalue weighted by molar-refractivity contribution is -0.110. The summed E-state index contributed by atoms with van der Waals surface area (Å²) in [4.78, 5) is 30.5. The number of amides is 1. The Balaban J connectivity index is 1.81. The highest BCUT2D eigenvalue weighted by Gasteiger charge is 2.25. The minimum atomic E-state index is -0.404. The van der Waals surface area contributed by atoms with Crippen LogP contribution in [0.15, 0.2) is 35.3 Å².